The molecule has 0 bridgehead atoms. The van der Waals surface area contributed by atoms with E-state index in [1.165, 1.54) is 21.9 Å². The molecule has 0 spiro atoms. The number of nitrogens with one attached hydrogen (secondary N) is 1. The maximum absolute atomic E-state index is 12.5. The highest BCUT2D eigenvalue weighted by Gasteiger charge is 2.09. The fraction of sp³-hybridized carbons (Fsp3) is 0.125. The van der Waals surface area contributed by atoms with E-state index in [1.54, 1.807) is 24.5 Å². The molecule has 5 rings (SSSR count). The summed E-state index contributed by atoms with van der Waals surface area (Å²) >= 11 is 1.67. The monoisotopic (exact) mass is 520 g/mol. The summed E-state index contributed by atoms with van der Waals surface area (Å²) in [5.41, 5.74) is 7.10. The number of anilines is 1. The van der Waals surface area contributed by atoms with Crippen molar-refractivity contribution in [3.05, 3.63) is 113 Å². The molecule has 5 nitrogen and oxygen atoms in total. The minimum Gasteiger partial charge on any atom is -0.493 e. The Morgan fingerprint density at radius 3 is 2.55 bits per heavy atom. The molecule has 1 heterocycles. The number of aromatic nitrogens is 1. The van der Waals surface area contributed by atoms with Crippen LogP contribution in [0.4, 0.5) is 5.69 Å². The van der Waals surface area contributed by atoms with E-state index in [9.17, 15) is 4.79 Å². The Balaban J connectivity index is 1.21. The van der Waals surface area contributed by atoms with Crippen LogP contribution in [0, 0.1) is 13.8 Å². The van der Waals surface area contributed by atoms with Gasteiger partial charge in [0, 0.05) is 17.3 Å². The van der Waals surface area contributed by atoms with Crippen LogP contribution in [0.1, 0.15) is 22.3 Å². The second kappa shape index (κ2) is 11.3. The van der Waals surface area contributed by atoms with E-state index >= 15 is 0 Å². The topological polar surface area (TPSA) is 60.5 Å². The highest BCUT2D eigenvalue weighted by molar-refractivity contribution is 7.21. The van der Waals surface area contributed by atoms with Crippen molar-refractivity contribution < 1.29 is 14.3 Å². The first kappa shape index (κ1) is 25.2. The standard InChI is InChI=1S/C32H28N2O3S/c1-21-8-15-27-30(18-21)38-32(34-27)24-11-13-26(14-12-24)33-31(35)17-10-23-9-16-28(29(19-23)36-3)37-20-25-7-5-4-6-22(25)2/h4-19H,20H2,1-3H3,(H,33,35)/b17-10+. The van der Waals surface area contributed by atoms with Crippen molar-refractivity contribution in [1.29, 1.82) is 0 Å². The van der Waals surface area contributed by atoms with Crippen LogP contribution in [0.25, 0.3) is 26.9 Å². The Morgan fingerprint density at radius 1 is 0.947 bits per heavy atom. The number of thiazole rings is 1. The van der Waals surface area contributed by atoms with Gasteiger partial charge in [-0.3, -0.25) is 4.79 Å². The quantitative estimate of drug-likeness (QED) is 0.212. The number of nitrogens with zero attached hydrogens (tertiary/aromatic N) is 1. The first-order valence-corrected chi connectivity index (χ1v) is 13.1. The number of rotatable bonds is 8. The van der Waals surface area contributed by atoms with Gasteiger partial charge in [0.05, 0.1) is 17.3 Å². The number of methoxy groups -OCH3 is 1. The Bertz CT molecular complexity index is 1620. The van der Waals surface area contributed by atoms with Crippen LogP contribution >= 0.6 is 11.3 Å². The normalized spacial score (nSPS) is 11.1. The third-order valence-electron chi connectivity index (χ3n) is 6.20. The highest BCUT2D eigenvalue weighted by Crippen LogP contribution is 2.32. The summed E-state index contributed by atoms with van der Waals surface area (Å²) in [5, 5.41) is 3.87. The van der Waals surface area contributed by atoms with Gasteiger partial charge in [0.1, 0.15) is 11.6 Å². The summed E-state index contributed by atoms with van der Waals surface area (Å²) in [7, 11) is 1.61. The third-order valence-corrected chi connectivity index (χ3v) is 7.27. The summed E-state index contributed by atoms with van der Waals surface area (Å²) in [4.78, 5) is 17.3. The lowest BCUT2D eigenvalue weighted by atomic mass is 10.1. The number of aryl methyl sites for hydroxylation is 2. The maximum Gasteiger partial charge on any atom is 0.248 e. The molecule has 0 saturated carbocycles. The Morgan fingerprint density at radius 2 is 1.76 bits per heavy atom. The number of carbonyl (C=O) groups excluding carboxylic acids is 1. The summed E-state index contributed by atoms with van der Waals surface area (Å²) in [6, 6.07) is 27.7. The molecule has 0 aliphatic rings. The molecule has 38 heavy (non-hydrogen) atoms. The van der Waals surface area contributed by atoms with E-state index in [2.05, 4.69) is 37.4 Å². The molecule has 1 amide bonds. The van der Waals surface area contributed by atoms with E-state index < -0.39 is 0 Å². The van der Waals surface area contributed by atoms with Crippen LogP contribution in [0.3, 0.4) is 0 Å². The van der Waals surface area contributed by atoms with Crippen LogP contribution in [-0.4, -0.2) is 18.0 Å². The molecule has 0 saturated heterocycles. The number of carbonyl (C=O) groups is 1. The third kappa shape index (κ3) is 5.93. The van der Waals surface area contributed by atoms with Crippen LogP contribution in [0.2, 0.25) is 0 Å². The van der Waals surface area contributed by atoms with Crippen LogP contribution in [0.5, 0.6) is 11.5 Å². The number of fused-ring (bicyclic) bond motifs is 1. The van der Waals surface area contributed by atoms with Crippen molar-refractivity contribution >= 4 is 39.2 Å². The SMILES string of the molecule is COc1cc(/C=C/C(=O)Nc2ccc(-c3nc4ccc(C)cc4s3)cc2)ccc1OCc1ccccc1C. The molecular weight excluding hydrogens is 492 g/mol. The molecule has 0 radical (unpaired) electrons. The summed E-state index contributed by atoms with van der Waals surface area (Å²) in [6.45, 7) is 4.60. The molecule has 0 aliphatic carbocycles. The highest BCUT2D eigenvalue weighted by atomic mass is 32.1. The van der Waals surface area contributed by atoms with Crippen molar-refractivity contribution in [2.45, 2.75) is 20.5 Å². The van der Waals surface area contributed by atoms with Crippen molar-refractivity contribution in [3.8, 4) is 22.1 Å². The van der Waals surface area contributed by atoms with Gasteiger partial charge in [0.15, 0.2) is 11.5 Å². The summed E-state index contributed by atoms with van der Waals surface area (Å²) < 4.78 is 12.7. The predicted molar refractivity (Wildman–Crippen MR) is 156 cm³/mol. The molecule has 6 heteroatoms. The van der Waals surface area contributed by atoms with Crippen LogP contribution < -0.4 is 14.8 Å². The van der Waals surface area contributed by atoms with E-state index in [0.717, 1.165) is 32.9 Å². The molecule has 0 unspecified atom stereocenters. The second-order valence-electron chi connectivity index (χ2n) is 9.02. The molecule has 4 aromatic carbocycles. The zero-order valence-corrected chi connectivity index (χ0v) is 22.3. The number of ether oxygens (including phenoxy) is 2. The molecule has 0 atom stereocenters. The molecule has 0 aliphatic heterocycles. The molecule has 1 N–H and O–H groups in total. The zero-order valence-electron chi connectivity index (χ0n) is 21.5. The van der Waals surface area contributed by atoms with Crippen molar-refractivity contribution in [3.63, 3.8) is 0 Å². The molecule has 5 aromatic rings. The van der Waals surface area contributed by atoms with E-state index in [-0.39, 0.29) is 5.91 Å². The van der Waals surface area contributed by atoms with E-state index in [1.807, 2.05) is 66.7 Å². The van der Waals surface area contributed by atoms with Crippen molar-refractivity contribution in [2.24, 2.45) is 0 Å². The predicted octanol–water partition coefficient (Wildman–Crippen LogP) is 7.82. The van der Waals surface area contributed by atoms with Gasteiger partial charge < -0.3 is 14.8 Å². The number of hydrogen-bond donors (Lipinski definition) is 1. The lowest BCUT2D eigenvalue weighted by Crippen LogP contribution is -2.07. The molecule has 0 fully saturated rings. The second-order valence-corrected chi connectivity index (χ2v) is 10.0. The van der Waals surface area contributed by atoms with Crippen molar-refractivity contribution in [2.75, 3.05) is 12.4 Å². The van der Waals surface area contributed by atoms with Gasteiger partial charge in [-0.05, 0) is 90.7 Å². The van der Waals surface area contributed by atoms with Gasteiger partial charge in [-0.2, -0.15) is 0 Å². The van der Waals surface area contributed by atoms with Gasteiger partial charge in [-0.25, -0.2) is 4.98 Å². The fourth-order valence-electron chi connectivity index (χ4n) is 4.04. The largest absolute Gasteiger partial charge is 0.493 e. The van der Waals surface area contributed by atoms with Gasteiger partial charge in [0.2, 0.25) is 5.91 Å². The van der Waals surface area contributed by atoms with Crippen LogP contribution in [-0.2, 0) is 11.4 Å². The number of benzene rings is 4. The number of hydrogen-bond acceptors (Lipinski definition) is 5. The first-order chi connectivity index (χ1) is 18.5. The first-order valence-electron chi connectivity index (χ1n) is 12.3. The van der Waals surface area contributed by atoms with E-state index in [0.29, 0.717) is 18.1 Å². The smallest absolute Gasteiger partial charge is 0.248 e. The molecule has 1 aromatic heterocycles. The molecular formula is C32H28N2O3S. The average molecular weight is 521 g/mol. The minimum absolute atomic E-state index is 0.216. The fourth-order valence-corrected chi connectivity index (χ4v) is 5.11. The van der Waals surface area contributed by atoms with Crippen molar-refractivity contribution in [1.82, 2.24) is 4.98 Å². The van der Waals surface area contributed by atoms with E-state index in [4.69, 9.17) is 14.5 Å². The van der Waals surface area contributed by atoms with Gasteiger partial charge in [-0.15, -0.1) is 11.3 Å². The molecule has 190 valence electrons. The minimum atomic E-state index is -0.216. The Labute approximate surface area is 226 Å². The van der Waals surface area contributed by atoms with Gasteiger partial charge >= 0.3 is 0 Å². The lowest BCUT2D eigenvalue weighted by molar-refractivity contribution is -0.111. The Kier molecular flexibility index (Phi) is 7.52. The van der Waals surface area contributed by atoms with Gasteiger partial charge in [-0.1, -0.05) is 36.4 Å². The maximum atomic E-state index is 12.5. The average Bonchev–Trinajstić information content (AvgIpc) is 3.35. The number of amides is 1. The Hall–Kier alpha value is -4.42. The summed E-state index contributed by atoms with van der Waals surface area (Å²) in [5.74, 6) is 1.05. The zero-order chi connectivity index (χ0) is 26.5. The lowest BCUT2D eigenvalue weighted by Gasteiger charge is -2.12. The van der Waals surface area contributed by atoms with Gasteiger partial charge in [0.25, 0.3) is 0 Å². The summed E-state index contributed by atoms with van der Waals surface area (Å²) in [6.07, 6.45) is 3.26. The van der Waals surface area contributed by atoms with Crippen LogP contribution in [0.15, 0.2) is 91.0 Å².